The molecule has 1 fully saturated rings. The topological polar surface area (TPSA) is 66.5 Å². The van der Waals surface area contributed by atoms with Crippen molar-refractivity contribution >= 4 is 15.9 Å². The van der Waals surface area contributed by atoms with E-state index in [0.717, 1.165) is 25.5 Å². The van der Waals surface area contributed by atoms with Crippen LogP contribution >= 0.6 is 0 Å². The second-order valence-corrected chi connectivity index (χ2v) is 7.11. The zero-order valence-electron chi connectivity index (χ0n) is 11.9. The third-order valence-electron chi connectivity index (χ3n) is 3.54. The zero-order valence-corrected chi connectivity index (χ0v) is 12.7. The largest absolute Gasteiger partial charge is 0.334 e. The van der Waals surface area contributed by atoms with Crippen LogP contribution in [0.1, 0.15) is 29.6 Å². The molecule has 1 aromatic rings. The first-order valence-electron chi connectivity index (χ1n) is 6.88. The van der Waals surface area contributed by atoms with Crippen LogP contribution in [0, 0.1) is 5.82 Å². The molecule has 2 rings (SSSR count). The molecule has 0 unspecified atom stereocenters. The van der Waals surface area contributed by atoms with Crippen molar-refractivity contribution in [3.05, 3.63) is 35.6 Å². The molecule has 21 heavy (non-hydrogen) atoms. The SMILES string of the molecule is CS(=O)(=O)NC[C@@H]1CCCCN1C(=O)c1cccc(F)c1. The Balaban J connectivity index is 2.12. The predicted octanol–water partition coefficient (Wildman–Crippen LogP) is 1.37. The average molecular weight is 314 g/mol. The summed E-state index contributed by atoms with van der Waals surface area (Å²) in [5.41, 5.74) is 0.293. The fourth-order valence-corrected chi connectivity index (χ4v) is 3.01. The fraction of sp³-hybridized carbons (Fsp3) is 0.500. The highest BCUT2D eigenvalue weighted by Crippen LogP contribution is 2.19. The van der Waals surface area contributed by atoms with Gasteiger partial charge in [-0.05, 0) is 37.5 Å². The highest BCUT2D eigenvalue weighted by atomic mass is 32.2. The monoisotopic (exact) mass is 314 g/mol. The van der Waals surface area contributed by atoms with Gasteiger partial charge in [0.25, 0.3) is 5.91 Å². The summed E-state index contributed by atoms with van der Waals surface area (Å²) >= 11 is 0. The summed E-state index contributed by atoms with van der Waals surface area (Å²) in [6.45, 7) is 0.755. The highest BCUT2D eigenvalue weighted by molar-refractivity contribution is 7.88. The van der Waals surface area contributed by atoms with Gasteiger partial charge in [-0.15, -0.1) is 0 Å². The van der Waals surface area contributed by atoms with Crippen molar-refractivity contribution in [3.8, 4) is 0 Å². The Bertz CT molecular complexity index is 618. The number of nitrogens with one attached hydrogen (secondary N) is 1. The molecule has 1 aromatic carbocycles. The molecule has 116 valence electrons. The van der Waals surface area contributed by atoms with E-state index in [1.54, 1.807) is 11.0 Å². The number of piperidine rings is 1. The highest BCUT2D eigenvalue weighted by Gasteiger charge is 2.28. The molecule has 1 aliphatic rings. The van der Waals surface area contributed by atoms with Crippen molar-refractivity contribution in [2.75, 3.05) is 19.3 Å². The summed E-state index contributed by atoms with van der Waals surface area (Å²) < 4.78 is 38.1. The lowest BCUT2D eigenvalue weighted by atomic mass is 10.0. The summed E-state index contributed by atoms with van der Waals surface area (Å²) in [7, 11) is -3.29. The van der Waals surface area contributed by atoms with Crippen LogP contribution < -0.4 is 4.72 Å². The number of carbonyl (C=O) groups is 1. The molecule has 5 nitrogen and oxygen atoms in total. The molecule has 0 aromatic heterocycles. The van der Waals surface area contributed by atoms with Crippen LogP contribution in [0.15, 0.2) is 24.3 Å². The van der Waals surface area contributed by atoms with Crippen molar-refractivity contribution in [2.45, 2.75) is 25.3 Å². The number of likely N-dealkylation sites (tertiary alicyclic amines) is 1. The Morgan fingerprint density at radius 1 is 1.43 bits per heavy atom. The summed E-state index contributed by atoms with van der Waals surface area (Å²) in [5, 5.41) is 0. The molecule has 0 radical (unpaired) electrons. The molecule has 0 bridgehead atoms. The Morgan fingerprint density at radius 2 is 2.19 bits per heavy atom. The Morgan fingerprint density at radius 3 is 2.86 bits per heavy atom. The summed E-state index contributed by atoms with van der Waals surface area (Å²) in [4.78, 5) is 14.1. The second-order valence-electron chi connectivity index (χ2n) is 5.28. The van der Waals surface area contributed by atoms with E-state index in [4.69, 9.17) is 0 Å². The molecule has 1 amide bonds. The van der Waals surface area contributed by atoms with Crippen LogP contribution in [0.25, 0.3) is 0 Å². The predicted molar refractivity (Wildman–Crippen MR) is 77.9 cm³/mol. The third-order valence-corrected chi connectivity index (χ3v) is 4.23. The number of rotatable bonds is 4. The molecule has 1 heterocycles. The number of benzene rings is 1. The lowest BCUT2D eigenvalue weighted by molar-refractivity contribution is 0.0618. The summed E-state index contributed by atoms with van der Waals surface area (Å²) in [5.74, 6) is -0.710. The minimum absolute atomic E-state index is 0.191. The number of sulfonamides is 1. The smallest absolute Gasteiger partial charge is 0.254 e. The maximum Gasteiger partial charge on any atom is 0.254 e. The Hall–Kier alpha value is -1.47. The van der Waals surface area contributed by atoms with Crippen LogP contribution in [-0.2, 0) is 10.0 Å². The van der Waals surface area contributed by atoms with Crippen LogP contribution in [-0.4, -0.2) is 44.6 Å². The van der Waals surface area contributed by atoms with E-state index >= 15 is 0 Å². The van der Waals surface area contributed by atoms with Crippen molar-refractivity contribution < 1.29 is 17.6 Å². The molecule has 1 atom stereocenters. The van der Waals surface area contributed by atoms with Crippen LogP contribution in [0.2, 0.25) is 0 Å². The minimum Gasteiger partial charge on any atom is -0.334 e. The lowest BCUT2D eigenvalue weighted by Gasteiger charge is -2.35. The van der Waals surface area contributed by atoms with Crippen LogP contribution in [0.4, 0.5) is 4.39 Å². The van der Waals surface area contributed by atoms with Crippen molar-refractivity contribution in [2.24, 2.45) is 0 Å². The van der Waals surface area contributed by atoms with Gasteiger partial charge in [0.15, 0.2) is 0 Å². The molecular formula is C14H19FN2O3S. The van der Waals surface area contributed by atoms with Crippen molar-refractivity contribution in [3.63, 3.8) is 0 Å². The normalized spacial score (nSPS) is 19.5. The van der Waals surface area contributed by atoms with Gasteiger partial charge in [-0.3, -0.25) is 4.79 Å². The lowest BCUT2D eigenvalue weighted by Crippen LogP contribution is -2.49. The zero-order chi connectivity index (χ0) is 15.5. The van der Waals surface area contributed by atoms with E-state index in [9.17, 15) is 17.6 Å². The van der Waals surface area contributed by atoms with Crippen LogP contribution in [0.3, 0.4) is 0 Å². The summed E-state index contributed by atoms with van der Waals surface area (Å²) in [6, 6.07) is 5.37. The van der Waals surface area contributed by atoms with Gasteiger partial charge in [0, 0.05) is 24.7 Å². The number of amides is 1. The molecule has 0 spiro atoms. The standard InChI is InChI=1S/C14H19FN2O3S/c1-21(19,20)16-10-13-7-2-3-8-17(13)14(18)11-5-4-6-12(15)9-11/h4-6,9,13,16H,2-3,7-8,10H2,1H3/t13-/m0/s1. The maximum atomic E-state index is 13.2. The third kappa shape index (κ3) is 4.50. The quantitative estimate of drug-likeness (QED) is 0.913. The van der Waals surface area contributed by atoms with E-state index in [1.807, 2.05) is 0 Å². The summed E-state index contributed by atoms with van der Waals surface area (Å²) in [6.07, 6.45) is 3.65. The van der Waals surface area contributed by atoms with Gasteiger partial charge in [0.2, 0.25) is 10.0 Å². The van der Waals surface area contributed by atoms with Gasteiger partial charge in [-0.25, -0.2) is 17.5 Å². The van der Waals surface area contributed by atoms with Gasteiger partial charge in [0.1, 0.15) is 5.82 Å². The van der Waals surface area contributed by atoms with E-state index in [0.29, 0.717) is 12.1 Å². The maximum absolute atomic E-state index is 13.2. The Labute approximate surface area is 124 Å². The Kier molecular flexibility index (Phi) is 4.95. The van der Waals surface area contributed by atoms with E-state index < -0.39 is 15.8 Å². The molecule has 1 N–H and O–H groups in total. The first-order valence-corrected chi connectivity index (χ1v) is 8.77. The number of halogens is 1. The van der Waals surface area contributed by atoms with E-state index in [1.165, 1.54) is 18.2 Å². The number of hydrogen-bond acceptors (Lipinski definition) is 3. The van der Waals surface area contributed by atoms with Crippen molar-refractivity contribution in [1.29, 1.82) is 0 Å². The molecule has 0 saturated carbocycles. The number of hydrogen-bond donors (Lipinski definition) is 1. The van der Waals surface area contributed by atoms with E-state index in [2.05, 4.69) is 4.72 Å². The van der Waals surface area contributed by atoms with Gasteiger partial charge in [-0.2, -0.15) is 0 Å². The minimum atomic E-state index is -3.29. The van der Waals surface area contributed by atoms with Gasteiger partial charge >= 0.3 is 0 Å². The molecule has 0 aliphatic carbocycles. The van der Waals surface area contributed by atoms with Crippen LogP contribution in [0.5, 0.6) is 0 Å². The molecule has 1 saturated heterocycles. The fourth-order valence-electron chi connectivity index (χ4n) is 2.52. The van der Waals surface area contributed by atoms with E-state index in [-0.39, 0.29) is 18.5 Å². The number of carbonyl (C=O) groups excluding carboxylic acids is 1. The first-order chi connectivity index (χ1) is 9.87. The molecule has 1 aliphatic heterocycles. The second kappa shape index (κ2) is 6.53. The van der Waals surface area contributed by atoms with Gasteiger partial charge in [-0.1, -0.05) is 6.07 Å². The average Bonchev–Trinajstić information content (AvgIpc) is 2.44. The first kappa shape index (κ1) is 15.9. The number of nitrogens with zero attached hydrogens (tertiary/aromatic N) is 1. The molecule has 7 heteroatoms. The van der Waals surface area contributed by atoms with Crippen molar-refractivity contribution in [1.82, 2.24) is 9.62 Å². The van der Waals surface area contributed by atoms with Gasteiger partial charge in [0.05, 0.1) is 6.26 Å². The van der Waals surface area contributed by atoms with Gasteiger partial charge < -0.3 is 4.90 Å². The molecular weight excluding hydrogens is 295 g/mol.